The fourth-order valence-corrected chi connectivity index (χ4v) is 3.06. The van der Waals surface area contributed by atoms with E-state index in [2.05, 4.69) is 10.3 Å². The van der Waals surface area contributed by atoms with Gasteiger partial charge in [-0.3, -0.25) is 4.79 Å². The molecular weight excluding hydrogens is 296 g/mol. The minimum atomic E-state index is -0.0870. The largest absolute Gasteiger partial charge is 0.462 e. The predicted molar refractivity (Wildman–Crippen MR) is 87.9 cm³/mol. The van der Waals surface area contributed by atoms with E-state index in [1.807, 2.05) is 49.4 Å². The standard InChI is InChI=1S/C17H16N2O2S/c1-2-10-18-16(20)15-14(12-7-4-3-5-8-12)19-17(22-15)13-9-6-11-21-13/h3-9,11H,2,10H2,1H3,(H,18,20). The van der Waals surface area contributed by atoms with Crippen LogP contribution in [0.2, 0.25) is 0 Å². The molecule has 3 rings (SSSR count). The Kier molecular flexibility index (Phi) is 4.34. The van der Waals surface area contributed by atoms with E-state index >= 15 is 0 Å². The number of thiazole rings is 1. The van der Waals surface area contributed by atoms with Crippen LogP contribution in [-0.2, 0) is 0 Å². The number of furan rings is 1. The molecule has 0 fully saturated rings. The van der Waals surface area contributed by atoms with Gasteiger partial charge in [0.1, 0.15) is 4.88 Å². The van der Waals surface area contributed by atoms with E-state index in [9.17, 15) is 4.79 Å². The molecule has 4 nitrogen and oxygen atoms in total. The van der Waals surface area contributed by atoms with Crippen molar-refractivity contribution in [2.75, 3.05) is 6.54 Å². The number of nitrogens with one attached hydrogen (secondary N) is 1. The minimum Gasteiger partial charge on any atom is -0.462 e. The van der Waals surface area contributed by atoms with Gasteiger partial charge < -0.3 is 9.73 Å². The van der Waals surface area contributed by atoms with E-state index < -0.39 is 0 Å². The monoisotopic (exact) mass is 312 g/mol. The topological polar surface area (TPSA) is 55.1 Å². The minimum absolute atomic E-state index is 0.0870. The first-order valence-electron chi connectivity index (χ1n) is 7.18. The zero-order chi connectivity index (χ0) is 15.4. The summed E-state index contributed by atoms with van der Waals surface area (Å²) in [5.74, 6) is 0.590. The van der Waals surface area contributed by atoms with Crippen molar-refractivity contribution < 1.29 is 9.21 Å². The number of benzene rings is 1. The molecule has 1 aromatic carbocycles. The Balaban J connectivity index is 2.04. The van der Waals surface area contributed by atoms with Crippen LogP contribution in [0.3, 0.4) is 0 Å². The van der Waals surface area contributed by atoms with Crippen LogP contribution in [0.15, 0.2) is 53.1 Å². The zero-order valence-corrected chi connectivity index (χ0v) is 13.0. The lowest BCUT2D eigenvalue weighted by molar-refractivity contribution is 0.0958. The van der Waals surface area contributed by atoms with Crippen molar-refractivity contribution in [3.05, 3.63) is 53.6 Å². The Labute approximate surface area is 132 Å². The van der Waals surface area contributed by atoms with Crippen LogP contribution in [0.1, 0.15) is 23.0 Å². The van der Waals surface area contributed by atoms with Gasteiger partial charge in [-0.25, -0.2) is 4.98 Å². The van der Waals surface area contributed by atoms with Crippen LogP contribution >= 0.6 is 11.3 Å². The average molecular weight is 312 g/mol. The van der Waals surface area contributed by atoms with Gasteiger partial charge in [-0.1, -0.05) is 37.3 Å². The van der Waals surface area contributed by atoms with Crippen molar-refractivity contribution >= 4 is 17.2 Å². The third-order valence-electron chi connectivity index (χ3n) is 3.15. The van der Waals surface area contributed by atoms with Gasteiger partial charge in [-0.2, -0.15) is 0 Å². The van der Waals surface area contributed by atoms with Crippen molar-refractivity contribution in [2.45, 2.75) is 13.3 Å². The Morgan fingerprint density at radius 3 is 2.73 bits per heavy atom. The SMILES string of the molecule is CCCNC(=O)c1sc(-c2ccco2)nc1-c1ccccc1. The van der Waals surface area contributed by atoms with E-state index in [1.54, 1.807) is 6.26 Å². The molecule has 0 spiro atoms. The number of hydrogen-bond acceptors (Lipinski definition) is 4. The van der Waals surface area contributed by atoms with Gasteiger partial charge in [0.05, 0.1) is 12.0 Å². The summed E-state index contributed by atoms with van der Waals surface area (Å²) in [7, 11) is 0. The third kappa shape index (κ3) is 2.94. The summed E-state index contributed by atoms with van der Waals surface area (Å²) in [6.45, 7) is 2.68. The Hall–Kier alpha value is -2.40. The number of amides is 1. The first-order chi connectivity index (χ1) is 10.8. The van der Waals surface area contributed by atoms with Gasteiger partial charge in [-0.05, 0) is 18.6 Å². The predicted octanol–water partition coefficient (Wildman–Crippen LogP) is 4.21. The molecule has 0 aliphatic heterocycles. The molecule has 3 aromatic rings. The lowest BCUT2D eigenvalue weighted by Crippen LogP contribution is -2.23. The molecule has 0 unspecified atom stereocenters. The van der Waals surface area contributed by atoms with E-state index in [4.69, 9.17) is 4.42 Å². The van der Waals surface area contributed by atoms with Gasteiger partial charge >= 0.3 is 0 Å². The van der Waals surface area contributed by atoms with Gasteiger partial charge in [-0.15, -0.1) is 11.3 Å². The van der Waals surface area contributed by atoms with Crippen LogP contribution in [-0.4, -0.2) is 17.4 Å². The molecule has 2 aromatic heterocycles. The first kappa shape index (κ1) is 14.5. The number of carbonyl (C=O) groups is 1. The highest BCUT2D eigenvalue weighted by molar-refractivity contribution is 7.17. The van der Waals surface area contributed by atoms with Crippen molar-refractivity contribution in [1.82, 2.24) is 10.3 Å². The fraction of sp³-hybridized carbons (Fsp3) is 0.176. The Morgan fingerprint density at radius 2 is 2.05 bits per heavy atom. The molecular formula is C17H16N2O2S. The molecule has 1 N–H and O–H groups in total. The number of rotatable bonds is 5. The second kappa shape index (κ2) is 6.58. The van der Waals surface area contributed by atoms with E-state index in [0.717, 1.165) is 12.0 Å². The maximum Gasteiger partial charge on any atom is 0.263 e. The molecule has 112 valence electrons. The number of aromatic nitrogens is 1. The number of carbonyl (C=O) groups excluding carboxylic acids is 1. The molecule has 5 heteroatoms. The lowest BCUT2D eigenvalue weighted by Gasteiger charge is -2.03. The third-order valence-corrected chi connectivity index (χ3v) is 4.22. The molecule has 0 saturated carbocycles. The number of hydrogen-bond donors (Lipinski definition) is 1. The van der Waals surface area contributed by atoms with Crippen LogP contribution in [0.4, 0.5) is 0 Å². The molecule has 0 atom stereocenters. The van der Waals surface area contributed by atoms with Crippen LogP contribution < -0.4 is 5.32 Å². The van der Waals surface area contributed by atoms with Gasteiger partial charge in [0.2, 0.25) is 0 Å². The zero-order valence-electron chi connectivity index (χ0n) is 12.2. The molecule has 22 heavy (non-hydrogen) atoms. The molecule has 2 heterocycles. The average Bonchev–Trinajstić information content (AvgIpc) is 3.22. The van der Waals surface area contributed by atoms with Crippen molar-refractivity contribution in [3.63, 3.8) is 0 Å². The van der Waals surface area contributed by atoms with Gasteiger partial charge in [0, 0.05) is 12.1 Å². The smallest absolute Gasteiger partial charge is 0.263 e. The lowest BCUT2D eigenvalue weighted by atomic mass is 10.1. The van der Waals surface area contributed by atoms with Gasteiger partial charge in [0.25, 0.3) is 5.91 Å². The summed E-state index contributed by atoms with van der Waals surface area (Å²) in [5, 5.41) is 3.63. The van der Waals surface area contributed by atoms with E-state index in [-0.39, 0.29) is 5.91 Å². The summed E-state index contributed by atoms with van der Waals surface area (Å²) in [6.07, 6.45) is 2.51. The van der Waals surface area contributed by atoms with Crippen molar-refractivity contribution in [2.24, 2.45) is 0 Å². The normalized spacial score (nSPS) is 10.6. The van der Waals surface area contributed by atoms with Crippen LogP contribution in [0, 0.1) is 0 Å². The number of nitrogens with zero attached hydrogens (tertiary/aromatic N) is 1. The molecule has 1 amide bonds. The fourth-order valence-electron chi connectivity index (χ4n) is 2.09. The molecule has 0 bridgehead atoms. The van der Waals surface area contributed by atoms with Crippen LogP contribution in [0.5, 0.6) is 0 Å². The highest BCUT2D eigenvalue weighted by Crippen LogP contribution is 2.33. The van der Waals surface area contributed by atoms with Crippen molar-refractivity contribution in [1.29, 1.82) is 0 Å². The van der Waals surface area contributed by atoms with Gasteiger partial charge in [0.15, 0.2) is 10.8 Å². The summed E-state index contributed by atoms with van der Waals surface area (Å²) < 4.78 is 5.40. The van der Waals surface area contributed by atoms with Crippen molar-refractivity contribution in [3.8, 4) is 22.0 Å². The summed E-state index contributed by atoms with van der Waals surface area (Å²) in [6, 6.07) is 13.4. The summed E-state index contributed by atoms with van der Waals surface area (Å²) in [4.78, 5) is 17.6. The maximum absolute atomic E-state index is 12.4. The summed E-state index contributed by atoms with van der Waals surface area (Å²) >= 11 is 1.35. The molecule has 0 aliphatic rings. The quantitative estimate of drug-likeness (QED) is 0.768. The maximum atomic E-state index is 12.4. The Morgan fingerprint density at radius 1 is 1.23 bits per heavy atom. The van der Waals surface area contributed by atoms with E-state index in [1.165, 1.54) is 11.3 Å². The molecule has 0 radical (unpaired) electrons. The molecule has 0 aliphatic carbocycles. The second-order valence-electron chi connectivity index (χ2n) is 4.80. The summed E-state index contributed by atoms with van der Waals surface area (Å²) in [5.41, 5.74) is 1.63. The highest BCUT2D eigenvalue weighted by Gasteiger charge is 2.20. The molecule has 0 saturated heterocycles. The van der Waals surface area contributed by atoms with Crippen LogP contribution in [0.25, 0.3) is 22.0 Å². The Bertz CT molecular complexity index is 748. The van der Waals surface area contributed by atoms with E-state index in [0.29, 0.717) is 27.9 Å². The second-order valence-corrected chi connectivity index (χ2v) is 5.80. The first-order valence-corrected chi connectivity index (χ1v) is 7.99. The highest BCUT2D eigenvalue weighted by atomic mass is 32.1.